The van der Waals surface area contributed by atoms with Crippen LogP contribution in [0.15, 0.2) is 12.1 Å². The van der Waals surface area contributed by atoms with E-state index in [9.17, 15) is 14.0 Å². The van der Waals surface area contributed by atoms with Crippen molar-refractivity contribution in [3.63, 3.8) is 0 Å². The third kappa shape index (κ3) is 4.89. The van der Waals surface area contributed by atoms with Gasteiger partial charge in [0.1, 0.15) is 5.82 Å². The zero-order valence-corrected chi connectivity index (χ0v) is 18.1. The zero-order chi connectivity index (χ0) is 21.3. The number of aryl methyl sites for hydroxylation is 1. The van der Waals surface area contributed by atoms with Gasteiger partial charge in [-0.2, -0.15) is 0 Å². The third-order valence-electron chi connectivity index (χ3n) is 6.28. The minimum Gasteiger partial charge on any atom is -0.380 e. The maximum atomic E-state index is 14.1. The number of nitrogens with zero attached hydrogens (tertiary/aromatic N) is 2. The van der Waals surface area contributed by atoms with E-state index in [4.69, 9.17) is 16.3 Å². The Hall–Kier alpha value is -1.86. The summed E-state index contributed by atoms with van der Waals surface area (Å²) >= 11 is 5.95. The second-order valence-corrected chi connectivity index (χ2v) is 9.17. The number of amides is 3. The summed E-state index contributed by atoms with van der Waals surface area (Å²) in [6.07, 6.45) is 3.96. The Morgan fingerprint density at radius 2 is 2.07 bits per heavy atom. The summed E-state index contributed by atoms with van der Waals surface area (Å²) in [5, 5.41) is 3.26. The lowest BCUT2D eigenvalue weighted by Crippen LogP contribution is -2.51. The standard InChI is InChI=1S/C22H29ClFN3O3/c1-14-7-16(20(24)8-19(14)23)9-25-22(29)27(18-4-5-18)11-15-3-2-6-26(10-15)21(28)17-12-30-13-17/h7-8,15,17-18H,2-6,9-13H2,1H3,(H,25,29)/t15-/m1/s1. The molecule has 4 rings (SSSR count). The van der Waals surface area contributed by atoms with Crippen molar-refractivity contribution in [3.05, 3.63) is 34.1 Å². The summed E-state index contributed by atoms with van der Waals surface area (Å²) in [6, 6.07) is 3.04. The number of nitrogens with one attached hydrogen (secondary N) is 1. The number of benzene rings is 1. The summed E-state index contributed by atoms with van der Waals surface area (Å²) < 4.78 is 19.3. The number of rotatable bonds is 6. The quantitative estimate of drug-likeness (QED) is 0.742. The van der Waals surface area contributed by atoms with Gasteiger partial charge in [0, 0.05) is 42.8 Å². The van der Waals surface area contributed by atoms with Gasteiger partial charge in [-0.05, 0) is 56.2 Å². The first-order valence-corrected chi connectivity index (χ1v) is 11.2. The first kappa shape index (κ1) is 21.4. The maximum Gasteiger partial charge on any atom is 0.317 e. The van der Waals surface area contributed by atoms with Crippen molar-refractivity contribution in [1.29, 1.82) is 0 Å². The minimum absolute atomic E-state index is 0.00399. The van der Waals surface area contributed by atoms with Crippen LogP contribution in [0, 0.1) is 24.6 Å². The van der Waals surface area contributed by atoms with Crippen molar-refractivity contribution in [1.82, 2.24) is 15.1 Å². The first-order chi connectivity index (χ1) is 14.4. The van der Waals surface area contributed by atoms with Crippen LogP contribution in [0.4, 0.5) is 9.18 Å². The number of halogens is 2. The van der Waals surface area contributed by atoms with E-state index in [0.29, 0.717) is 36.9 Å². The highest BCUT2D eigenvalue weighted by molar-refractivity contribution is 6.31. The Morgan fingerprint density at radius 3 is 2.73 bits per heavy atom. The predicted molar refractivity (Wildman–Crippen MR) is 112 cm³/mol. The van der Waals surface area contributed by atoms with Gasteiger partial charge in [-0.25, -0.2) is 9.18 Å². The summed E-state index contributed by atoms with van der Waals surface area (Å²) in [6.45, 7) is 5.10. The lowest BCUT2D eigenvalue weighted by Gasteiger charge is -2.38. The SMILES string of the molecule is Cc1cc(CNC(=O)N(C[C@@H]2CCCN(C(=O)C3COC3)C2)C2CC2)c(F)cc1Cl. The first-order valence-electron chi connectivity index (χ1n) is 10.8. The van der Waals surface area contributed by atoms with Crippen molar-refractivity contribution in [2.75, 3.05) is 32.8 Å². The molecule has 1 N–H and O–H groups in total. The molecule has 3 amide bonds. The summed E-state index contributed by atoms with van der Waals surface area (Å²) in [4.78, 5) is 29.2. The second kappa shape index (κ2) is 9.10. The number of hydrogen-bond acceptors (Lipinski definition) is 3. The lowest BCUT2D eigenvalue weighted by molar-refractivity contribution is -0.151. The number of carbonyl (C=O) groups is 2. The molecule has 1 saturated carbocycles. The Morgan fingerprint density at radius 1 is 1.30 bits per heavy atom. The van der Waals surface area contributed by atoms with Crippen LogP contribution in [0.1, 0.15) is 36.8 Å². The lowest BCUT2D eigenvalue weighted by atomic mass is 9.95. The van der Waals surface area contributed by atoms with Gasteiger partial charge in [0.2, 0.25) is 5.91 Å². The molecule has 3 fully saturated rings. The van der Waals surface area contributed by atoms with E-state index in [0.717, 1.165) is 37.8 Å². The van der Waals surface area contributed by atoms with E-state index < -0.39 is 5.82 Å². The molecular weight excluding hydrogens is 409 g/mol. The van der Waals surface area contributed by atoms with E-state index in [1.807, 2.05) is 16.7 Å². The maximum absolute atomic E-state index is 14.1. The molecule has 0 unspecified atom stereocenters. The molecule has 2 saturated heterocycles. The number of carbonyl (C=O) groups excluding carboxylic acids is 2. The van der Waals surface area contributed by atoms with E-state index >= 15 is 0 Å². The molecule has 1 atom stereocenters. The van der Waals surface area contributed by atoms with Crippen molar-refractivity contribution < 1.29 is 18.7 Å². The Balaban J connectivity index is 1.34. The zero-order valence-electron chi connectivity index (χ0n) is 17.3. The Bertz CT molecular complexity index is 813. The van der Waals surface area contributed by atoms with E-state index in [-0.39, 0.29) is 36.4 Å². The highest BCUT2D eigenvalue weighted by Gasteiger charge is 2.37. The second-order valence-electron chi connectivity index (χ2n) is 8.76. The topological polar surface area (TPSA) is 61.9 Å². The van der Waals surface area contributed by atoms with Crippen molar-refractivity contribution in [2.24, 2.45) is 11.8 Å². The van der Waals surface area contributed by atoms with Crippen LogP contribution in [0.5, 0.6) is 0 Å². The van der Waals surface area contributed by atoms with Gasteiger partial charge in [-0.3, -0.25) is 4.79 Å². The smallest absolute Gasteiger partial charge is 0.317 e. The molecule has 30 heavy (non-hydrogen) atoms. The number of urea groups is 1. The number of piperidine rings is 1. The summed E-state index contributed by atoms with van der Waals surface area (Å²) in [5.41, 5.74) is 1.21. The average molecular weight is 438 g/mol. The highest BCUT2D eigenvalue weighted by atomic mass is 35.5. The minimum atomic E-state index is -0.412. The fourth-order valence-corrected chi connectivity index (χ4v) is 4.39. The van der Waals surface area contributed by atoms with Crippen LogP contribution >= 0.6 is 11.6 Å². The molecule has 2 aliphatic heterocycles. The van der Waals surface area contributed by atoms with Gasteiger partial charge in [0.25, 0.3) is 0 Å². The van der Waals surface area contributed by atoms with Gasteiger partial charge >= 0.3 is 6.03 Å². The van der Waals surface area contributed by atoms with Gasteiger partial charge in [-0.15, -0.1) is 0 Å². The van der Waals surface area contributed by atoms with Crippen molar-refractivity contribution in [3.8, 4) is 0 Å². The highest BCUT2D eigenvalue weighted by Crippen LogP contribution is 2.30. The molecule has 0 bridgehead atoms. The van der Waals surface area contributed by atoms with Gasteiger partial charge < -0.3 is 19.9 Å². The number of likely N-dealkylation sites (tertiary alicyclic amines) is 1. The molecule has 6 nitrogen and oxygen atoms in total. The summed E-state index contributed by atoms with van der Waals surface area (Å²) in [5.74, 6) is 0.0427. The normalized spacial score (nSPS) is 21.8. The molecule has 8 heteroatoms. The average Bonchev–Trinajstić information content (AvgIpc) is 3.51. The fourth-order valence-electron chi connectivity index (χ4n) is 4.24. The number of hydrogen-bond donors (Lipinski definition) is 1. The van der Waals surface area contributed by atoms with Gasteiger partial charge in [-0.1, -0.05) is 11.6 Å². The molecule has 164 valence electrons. The Labute approximate surface area is 181 Å². The van der Waals surface area contributed by atoms with Crippen LogP contribution < -0.4 is 5.32 Å². The fraction of sp³-hybridized carbons (Fsp3) is 0.636. The predicted octanol–water partition coefficient (Wildman–Crippen LogP) is 3.35. The molecule has 0 spiro atoms. The van der Waals surface area contributed by atoms with Crippen LogP contribution in [0.25, 0.3) is 0 Å². The van der Waals surface area contributed by atoms with E-state index in [2.05, 4.69) is 5.32 Å². The largest absolute Gasteiger partial charge is 0.380 e. The molecule has 3 aliphatic rings. The van der Waals surface area contributed by atoms with E-state index in [1.165, 1.54) is 6.07 Å². The molecule has 1 aromatic rings. The third-order valence-corrected chi connectivity index (χ3v) is 6.69. The molecule has 0 radical (unpaired) electrons. The van der Waals surface area contributed by atoms with Crippen LogP contribution in [-0.2, 0) is 16.1 Å². The molecule has 2 heterocycles. The van der Waals surface area contributed by atoms with Gasteiger partial charge in [0.05, 0.1) is 19.1 Å². The molecule has 1 aromatic carbocycles. The van der Waals surface area contributed by atoms with Crippen LogP contribution in [-0.4, -0.2) is 60.6 Å². The van der Waals surface area contributed by atoms with Crippen molar-refractivity contribution >= 4 is 23.5 Å². The number of ether oxygens (including phenoxy) is 1. The Kier molecular flexibility index (Phi) is 6.48. The monoisotopic (exact) mass is 437 g/mol. The van der Waals surface area contributed by atoms with Gasteiger partial charge in [0.15, 0.2) is 0 Å². The molecule has 0 aromatic heterocycles. The van der Waals surface area contributed by atoms with Crippen LogP contribution in [0.3, 0.4) is 0 Å². The van der Waals surface area contributed by atoms with E-state index in [1.54, 1.807) is 6.07 Å². The summed E-state index contributed by atoms with van der Waals surface area (Å²) in [7, 11) is 0. The molecule has 1 aliphatic carbocycles. The van der Waals surface area contributed by atoms with Crippen LogP contribution in [0.2, 0.25) is 5.02 Å². The van der Waals surface area contributed by atoms with Crippen molar-refractivity contribution in [2.45, 2.75) is 45.2 Å². The molecular formula is C22H29ClFN3O3.